The molecule has 0 saturated carbocycles. The Bertz CT molecular complexity index is 1410. The molecule has 0 spiro atoms. The van der Waals surface area contributed by atoms with Gasteiger partial charge in [-0.2, -0.15) is 0 Å². The number of aryl methyl sites for hydroxylation is 3. The van der Waals surface area contributed by atoms with E-state index in [1.165, 1.54) is 16.1 Å². The van der Waals surface area contributed by atoms with E-state index in [2.05, 4.69) is 20.0 Å². The van der Waals surface area contributed by atoms with Crippen LogP contribution >= 0.6 is 0 Å². The minimum absolute atomic E-state index is 0.0289. The topological polar surface area (TPSA) is 212 Å². The number of aromatic nitrogens is 5. The lowest BCUT2D eigenvalue weighted by Gasteiger charge is -2.28. The zero-order valence-electron chi connectivity index (χ0n) is 20.5. The van der Waals surface area contributed by atoms with E-state index in [9.17, 15) is 34.8 Å². The molecule has 3 aromatic heterocycles. The van der Waals surface area contributed by atoms with Crippen molar-refractivity contribution in [2.24, 2.45) is 7.05 Å². The summed E-state index contributed by atoms with van der Waals surface area (Å²) in [6.07, 6.45) is -4.30. The molecule has 202 valence electrons. The molecule has 5 N–H and O–H groups in total. The van der Waals surface area contributed by atoms with Gasteiger partial charge >= 0.3 is 12.1 Å². The number of methoxy groups -OCH3 is 2. The largest absolute Gasteiger partial charge is 0.467 e. The van der Waals surface area contributed by atoms with Gasteiger partial charge in [0.15, 0.2) is 17.3 Å². The third-order valence-electron chi connectivity index (χ3n) is 6.49. The molecular weight excluding hydrogens is 496 g/mol. The molecule has 16 heteroatoms. The lowest BCUT2D eigenvalue weighted by molar-refractivity contribution is -0.287. The maximum atomic E-state index is 13.5. The van der Waals surface area contributed by atoms with Crippen LogP contribution in [0.25, 0.3) is 16.9 Å². The molecule has 0 unspecified atom stereocenters. The molecule has 4 rings (SSSR count). The highest BCUT2D eigenvalue weighted by Gasteiger charge is 2.55. The fourth-order valence-electron chi connectivity index (χ4n) is 4.53. The quantitative estimate of drug-likeness (QED) is 0.199. The monoisotopic (exact) mass is 524 g/mol. The van der Waals surface area contributed by atoms with Gasteiger partial charge in [0, 0.05) is 7.05 Å². The molecule has 0 aromatic carbocycles. The molecule has 1 saturated heterocycles. The normalized spacial score (nSPS) is 24.5. The average molecular weight is 524 g/mol. The number of carbonyl (C=O) groups excluding carboxylic acids is 2. The van der Waals surface area contributed by atoms with Crippen molar-refractivity contribution in [3.05, 3.63) is 28.1 Å². The molecule has 0 bridgehead atoms. The summed E-state index contributed by atoms with van der Waals surface area (Å²) in [7, 11) is 3.88. The number of hydrogen-bond donors (Lipinski definition) is 5. The van der Waals surface area contributed by atoms with E-state index < -0.39 is 54.5 Å². The number of nitrogens with zero attached hydrogens (tertiary/aromatic N) is 5. The number of fused-ring (bicyclic) bond motifs is 2. The van der Waals surface area contributed by atoms with Crippen LogP contribution in [0.3, 0.4) is 0 Å². The van der Waals surface area contributed by atoms with Gasteiger partial charge in [0.1, 0.15) is 24.6 Å². The van der Waals surface area contributed by atoms with Crippen molar-refractivity contribution in [2.75, 3.05) is 20.8 Å². The smallest absolute Gasteiger partial charge is 0.407 e. The Balaban J connectivity index is 1.79. The Morgan fingerprint density at radius 2 is 2.00 bits per heavy atom. The second kappa shape index (κ2) is 9.71. The van der Waals surface area contributed by atoms with Gasteiger partial charge in [-0.25, -0.2) is 24.0 Å². The van der Waals surface area contributed by atoms with E-state index in [-0.39, 0.29) is 29.8 Å². The molecule has 1 fully saturated rings. The number of carbonyl (C=O) groups is 2. The van der Waals surface area contributed by atoms with Gasteiger partial charge in [-0.05, 0) is 19.8 Å². The first kappa shape index (κ1) is 26.5. The van der Waals surface area contributed by atoms with Crippen LogP contribution in [0.4, 0.5) is 4.79 Å². The van der Waals surface area contributed by atoms with Crippen LogP contribution in [-0.2, 0) is 38.4 Å². The number of alkyl carbamates (subject to hydrolysis) is 1. The zero-order valence-corrected chi connectivity index (χ0v) is 20.5. The summed E-state index contributed by atoms with van der Waals surface area (Å²) < 4.78 is 18.4. The summed E-state index contributed by atoms with van der Waals surface area (Å²) in [5.41, 5.74) is 0.209. The van der Waals surface area contributed by atoms with Crippen molar-refractivity contribution in [3.63, 3.8) is 0 Å². The summed E-state index contributed by atoms with van der Waals surface area (Å²) in [4.78, 5) is 45.9. The third kappa shape index (κ3) is 4.11. The van der Waals surface area contributed by atoms with Gasteiger partial charge in [0.2, 0.25) is 5.78 Å². The van der Waals surface area contributed by atoms with Gasteiger partial charge < -0.3 is 40.0 Å². The molecule has 0 aliphatic carbocycles. The number of esters is 1. The van der Waals surface area contributed by atoms with Crippen LogP contribution in [0.1, 0.15) is 17.8 Å². The van der Waals surface area contributed by atoms with Gasteiger partial charge in [0.05, 0.1) is 32.2 Å². The number of imidazole rings is 2. The molecule has 1 aliphatic rings. The second-order valence-corrected chi connectivity index (χ2v) is 8.61. The molecule has 3 aromatic rings. The Kier molecular flexibility index (Phi) is 6.95. The highest BCUT2D eigenvalue weighted by atomic mass is 16.7. The second-order valence-electron chi connectivity index (χ2n) is 8.61. The van der Waals surface area contributed by atoms with Gasteiger partial charge in [-0.1, -0.05) is 0 Å². The number of ether oxygens (including phenoxy) is 3. The first-order valence-corrected chi connectivity index (χ1v) is 11.2. The molecule has 37 heavy (non-hydrogen) atoms. The van der Waals surface area contributed by atoms with Crippen molar-refractivity contribution in [2.45, 2.75) is 50.0 Å². The Morgan fingerprint density at radius 1 is 1.30 bits per heavy atom. The van der Waals surface area contributed by atoms with Crippen molar-refractivity contribution in [1.82, 2.24) is 28.8 Å². The number of nitrogens with one attached hydrogen (secondary N) is 1. The maximum absolute atomic E-state index is 13.5. The molecule has 1 amide bonds. The van der Waals surface area contributed by atoms with Gasteiger partial charge in [-0.15, -0.1) is 0 Å². The lowest BCUT2D eigenvalue weighted by Crippen LogP contribution is -2.45. The van der Waals surface area contributed by atoms with Gasteiger partial charge in [-0.3, -0.25) is 13.9 Å². The van der Waals surface area contributed by atoms with Crippen molar-refractivity contribution < 1.29 is 44.2 Å². The summed E-state index contributed by atoms with van der Waals surface area (Å²) >= 11 is 0. The van der Waals surface area contributed by atoms with E-state index in [1.807, 2.05) is 0 Å². The van der Waals surface area contributed by atoms with Crippen LogP contribution in [-0.4, -0.2) is 101 Å². The number of aliphatic hydroxyl groups excluding tert-OH is 3. The predicted molar refractivity (Wildman–Crippen MR) is 122 cm³/mol. The number of hydrogen-bond acceptors (Lipinski definition) is 12. The fraction of sp³-hybridized carbons (Fsp3) is 0.571. The minimum atomic E-state index is -2.53. The number of rotatable bonds is 7. The summed E-state index contributed by atoms with van der Waals surface area (Å²) in [5.74, 6) is -3.07. The molecule has 4 heterocycles. The minimum Gasteiger partial charge on any atom is -0.467 e. The summed E-state index contributed by atoms with van der Waals surface area (Å²) in [5, 5.41) is 43.5. The van der Waals surface area contributed by atoms with Crippen LogP contribution in [0.5, 0.6) is 0 Å². The zero-order chi connectivity index (χ0) is 27.2. The van der Waals surface area contributed by atoms with E-state index in [4.69, 9.17) is 9.47 Å². The van der Waals surface area contributed by atoms with Crippen LogP contribution in [0, 0.1) is 6.92 Å². The summed E-state index contributed by atoms with van der Waals surface area (Å²) in [6, 6.07) is -1.05. The number of amides is 1. The SMILES string of the molecule is COC(=O)N[C@@H](CCc1c(C)nc2n(C)c3c(ncn3[C@]3(O)O[C@H](CO)[C@@H](O)[C@H]3O)c(=O)n12)C(=O)OC. The lowest BCUT2D eigenvalue weighted by atomic mass is 10.1. The van der Waals surface area contributed by atoms with E-state index in [0.29, 0.717) is 11.4 Å². The van der Waals surface area contributed by atoms with Crippen LogP contribution < -0.4 is 10.9 Å². The third-order valence-corrected chi connectivity index (χ3v) is 6.49. The van der Waals surface area contributed by atoms with E-state index in [1.54, 1.807) is 14.0 Å². The van der Waals surface area contributed by atoms with E-state index >= 15 is 0 Å². The number of aliphatic hydroxyl groups is 4. The maximum Gasteiger partial charge on any atom is 0.407 e. The average Bonchev–Trinajstić information content (AvgIpc) is 3.54. The molecule has 16 nitrogen and oxygen atoms in total. The molecule has 0 radical (unpaired) electrons. The Hall–Kier alpha value is -3.57. The molecule has 1 aliphatic heterocycles. The summed E-state index contributed by atoms with van der Waals surface area (Å²) in [6.45, 7) is 0.991. The predicted octanol–water partition coefficient (Wildman–Crippen LogP) is -2.76. The van der Waals surface area contributed by atoms with Crippen LogP contribution in [0.15, 0.2) is 11.1 Å². The first-order chi connectivity index (χ1) is 17.5. The van der Waals surface area contributed by atoms with Crippen molar-refractivity contribution in [1.29, 1.82) is 0 Å². The highest BCUT2D eigenvalue weighted by molar-refractivity contribution is 5.81. The highest BCUT2D eigenvalue weighted by Crippen LogP contribution is 2.35. The first-order valence-electron chi connectivity index (χ1n) is 11.2. The molecular formula is C21H28N6O10. The Morgan fingerprint density at radius 3 is 2.59 bits per heavy atom. The van der Waals surface area contributed by atoms with Gasteiger partial charge in [0.25, 0.3) is 11.5 Å². The van der Waals surface area contributed by atoms with Crippen molar-refractivity contribution in [3.8, 4) is 0 Å². The Labute approximate surface area is 208 Å². The standard InChI is InChI=1S/C21H28N6O10/c1-9-11(6-5-10(18(32)35-3)24-20(33)36-4)27-17(31)13-16(25(2)19(27)23-9)26(8-22-13)21(34)15(30)14(29)12(7-28)37-21/h8,10,12,14-15,28-30,34H,5-7H2,1-4H3,(H,24,33)/t10-,12+,14+,15+,21+/m0/s1. The fourth-order valence-corrected chi connectivity index (χ4v) is 4.53. The van der Waals surface area contributed by atoms with Crippen molar-refractivity contribution >= 4 is 29.0 Å². The van der Waals surface area contributed by atoms with Crippen LogP contribution in [0.2, 0.25) is 0 Å². The molecule has 5 atom stereocenters. The van der Waals surface area contributed by atoms with E-state index in [0.717, 1.165) is 18.0 Å².